The zero-order valence-corrected chi connectivity index (χ0v) is 17.1. The number of carbonyl (C=O) groups is 1. The van der Waals surface area contributed by atoms with Crippen molar-refractivity contribution in [2.75, 3.05) is 19.1 Å². The molecule has 0 heterocycles. The van der Waals surface area contributed by atoms with Crippen LogP contribution >= 0.6 is 0 Å². The number of rotatable bonds is 6. The first kappa shape index (κ1) is 22.3. The fraction of sp³-hybridized carbons (Fsp3) is 0.318. The van der Waals surface area contributed by atoms with Crippen LogP contribution in [-0.4, -0.2) is 26.5 Å². The van der Waals surface area contributed by atoms with E-state index in [2.05, 4.69) is 4.74 Å². The van der Waals surface area contributed by atoms with Gasteiger partial charge in [-0.05, 0) is 61.2 Å². The predicted molar refractivity (Wildman–Crippen MR) is 107 cm³/mol. The number of halogens is 3. The number of allylic oxidation sites excluding steroid dienone is 1. The third kappa shape index (κ3) is 5.76. The minimum atomic E-state index is -4.75. The largest absolute Gasteiger partial charge is 0.573 e. The van der Waals surface area contributed by atoms with Crippen LogP contribution in [0.15, 0.2) is 48.2 Å². The molecule has 0 aliphatic rings. The summed E-state index contributed by atoms with van der Waals surface area (Å²) in [5, 5.41) is 0. The molecule has 0 fully saturated rings. The van der Waals surface area contributed by atoms with Gasteiger partial charge in [0.1, 0.15) is 5.75 Å². The summed E-state index contributed by atoms with van der Waals surface area (Å²) in [5.74, 6) is -0.795. The van der Waals surface area contributed by atoms with E-state index in [0.717, 1.165) is 28.8 Å². The predicted octanol–water partition coefficient (Wildman–Crippen LogP) is 6.10. The van der Waals surface area contributed by atoms with E-state index in [1.807, 2.05) is 38.9 Å². The third-order valence-corrected chi connectivity index (χ3v) is 4.55. The van der Waals surface area contributed by atoms with Crippen molar-refractivity contribution in [3.63, 3.8) is 0 Å². The summed E-state index contributed by atoms with van der Waals surface area (Å²) in [4.78, 5) is 14.1. The Kier molecular flexibility index (Phi) is 6.95. The van der Waals surface area contributed by atoms with Gasteiger partial charge in [-0.25, -0.2) is 4.79 Å². The Hall–Kier alpha value is -2.96. The minimum absolute atomic E-state index is 0.304. The molecule has 0 atom stereocenters. The highest BCUT2D eigenvalue weighted by molar-refractivity contribution is 5.94. The molecule has 0 amide bonds. The molecule has 4 nitrogen and oxygen atoms in total. The zero-order valence-electron chi connectivity index (χ0n) is 17.1. The van der Waals surface area contributed by atoms with Crippen molar-refractivity contribution in [2.45, 2.75) is 33.6 Å². The highest BCUT2D eigenvalue weighted by Crippen LogP contribution is 2.34. The molecule has 0 aliphatic carbocycles. The normalized spacial score (nSPS) is 11.9. The molecule has 0 bridgehead atoms. The molecular formula is C22H24F3NO3. The maximum atomic E-state index is 12.4. The molecule has 29 heavy (non-hydrogen) atoms. The minimum Gasteiger partial charge on any atom is -0.465 e. The van der Waals surface area contributed by atoms with Crippen LogP contribution in [0.2, 0.25) is 0 Å². The Balaban J connectivity index is 2.55. The van der Waals surface area contributed by atoms with Crippen molar-refractivity contribution < 1.29 is 27.4 Å². The number of ether oxygens (including phenoxy) is 2. The average molecular weight is 407 g/mol. The molecule has 7 heteroatoms. The van der Waals surface area contributed by atoms with Crippen molar-refractivity contribution in [1.29, 1.82) is 0 Å². The summed E-state index contributed by atoms with van der Waals surface area (Å²) in [6, 6.07) is 8.97. The summed E-state index contributed by atoms with van der Waals surface area (Å²) >= 11 is 0. The Bertz CT molecular complexity index is 903. The molecule has 0 aliphatic heterocycles. The molecule has 0 saturated carbocycles. The fourth-order valence-electron chi connectivity index (χ4n) is 2.93. The van der Waals surface area contributed by atoms with Crippen LogP contribution in [0.25, 0.3) is 11.1 Å². The summed E-state index contributed by atoms with van der Waals surface area (Å²) in [6.07, 6.45) is -1.89. The molecule has 0 N–H and O–H groups in total. The molecule has 0 aromatic heterocycles. The molecule has 0 saturated heterocycles. The Morgan fingerprint density at radius 2 is 1.79 bits per heavy atom. The van der Waals surface area contributed by atoms with Gasteiger partial charge in [0.05, 0.1) is 12.7 Å². The lowest BCUT2D eigenvalue weighted by Gasteiger charge is -2.22. The van der Waals surface area contributed by atoms with Gasteiger partial charge < -0.3 is 14.4 Å². The number of hydrogen-bond acceptors (Lipinski definition) is 4. The highest BCUT2D eigenvalue weighted by Gasteiger charge is 2.31. The van der Waals surface area contributed by atoms with Crippen molar-refractivity contribution in [2.24, 2.45) is 0 Å². The van der Waals surface area contributed by atoms with Crippen LogP contribution in [0.5, 0.6) is 5.75 Å². The lowest BCUT2D eigenvalue weighted by Crippen LogP contribution is -2.17. The van der Waals surface area contributed by atoms with Crippen molar-refractivity contribution in [3.05, 3.63) is 59.3 Å². The highest BCUT2D eigenvalue weighted by atomic mass is 19.4. The quantitative estimate of drug-likeness (QED) is 0.543. The van der Waals surface area contributed by atoms with Gasteiger partial charge in [-0.2, -0.15) is 0 Å². The van der Waals surface area contributed by atoms with Crippen LogP contribution < -0.4 is 9.64 Å². The van der Waals surface area contributed by atoms with E-state index in [4.69, 9.17) is 4.74 Å². The fourth-order valence-corrected chi connectivity index (χ4v) is 2.93. The van der Waals surface area contributed by atoms with Gasteiger partial charge in [-0.15, -0.1) is 13.2 Å². The lowest BCUT2D eigenvalue weighted by molar-refractivity contribution is -0.274. The van der Waals surface area contributed by atoms with Gasteiger partial charge in [0, 0.05) is 18.9 Å². The van der Waals surface area contributed by atoms with Gasteiger partial charge >= 0.3 is 12.3 Å². The summed E-state index contributed by atoms with van der Waals surface area (Å²) in [5.41, 5.74) is 4.57. The molecule has 0 spiro atoms. The van der Waals surface area contributed by atoms with E-state index in [1.54, 1.807) is 12.1 Å². The monoisotopic (exact) mass is 407 g/mol. The van der Waals surface area contributed by atoms with Crippen LogP contribution in [-0.2, 0) is 4.74 Å². The van der Waals surface area contributed by atoms with E-state index >= 15 is 0 Å². The van der Waals surface area contributed by atoms with Crippen molar-refractivity contribution in [3.8, 4) is 16.9 Å². The van der Waals surface area contributed by atoms with Crippen LogP contribution in [0.4, 0.5) is 18.9 Å². The van der Waals surface area contributed by atoms with Gasteiger partial charge in [-0.3, -0.25) is 0 Å². The SMILES string of the molecule is CC/C(C)=C/N(C)c1cc(C(=O)OC)cc(-c2ccc(OC(F)(F)F)cc2)c1C. The van der Waals surface area contributed by atoms with Crippen molar-refractivity contribution >= 4 is 11.7 Å². The number of anilines is 1. The maximum absolute atomic E-state index is 12.4. The maximum Gasteiger partial charge on any atom is 0.573 e. The van der Waals surface area contributed by atoms with Crippen LogP contribution in [0.1, 0.15) is 36.2 Å². The van der Waals surface area contributed by atoms with E-state index in [9.17, 15) is 18.0 Å². The standard InChI is InChI=1S/C22H24F3NO3/c1-6-14(2)13-26(4)20-12-17(21(27)28-5)11-19(15(20)3)16-7-9-18(10-8-16)29-22(23,24)25/h7-13H,6H2,1-5H3/b14-13+. The first-order valence-corrected chi connectivity index (χ1v) is 9.05. The summed E-state index contributed by atoms with van der Waals surface area (Å²) < 4.78 is 46.0. The van der Waals surface area contributed by atoms with Gasteiger partial charge in [0.15, 0.2) is 0 Å². The second-order valence-corrected chi connectivity index (χ2v) is 6.67. The number of hydrogen-bond donors (Lipinski definition) is 0. The molecule has 156 valence electrons. The van der Waals surface area contributed by atoms with E-state index < -0.39 is 12.3 Å². The molecule has 0 unspecified atom stereocenters. The van der Waals surface area contributed by atoms with Crippen molar-refractivity contribution in [1.82, 2.24) is 0 Å². The number of carbonyl (C=O) groups excluding carboxylic acids is 1. The number of alkyl halides is 3. The molecule has 0 radical (unpaired) electrons. The zero-order chi connectivity index (χ0) is 21.8. The van der Waals surface area contributed by atoms with Crippen LogP contribution in [0.3, 0.4) is 0 Å². The summed E-state index contributed by atoms with van der Waals surface area (Å²) in [6.45, 7) is 5.96. The molecule has 2 aromatic rings. The molecule has 2 aromatic carbocycles. The topological polar surface area (TPSA) is 38.8 Å². The van der Waals surface area contributed by atoms with Gasteiger partial charge in [-0.1, -0.05) is 24.6 Å². The van der Waals surface area contributed by atoms with E-state index in [1.165, 1.54) is 31.4 Å². The van der Waals surface area contributed by atoms with Gasteiger partial charge in [0.2, 0.25) is 0 Å². The van der Waals surface area contributed by atoms with Gasteiger partial charge in [0.25, 0.3) is 0 Å². The first-order valence-electron chi connectivity index (χ1n) is 9.05. The molecular weight excluding hydrogens is 383 g/mol. The second-order valence-electron chi connectivity index (χ2n) is 6.67. The first-order chi connectivity index (χ1) is 13.6. The number of methoxy groups -OCH3 is 1. The molecule has 2 rings (SSSR count). The third-order valence-electron chi connectivity index (χ3n) is 4.55. The van der Waals surface area contributed by atoms with E-state index in [0.29, 0.717) is 11.1 Å². The Morgan fingerprint density at radius 3 is 2.31 bits per heavy atom. The Labute approximate surface area is 168 Å². The van der Waals surface area contributed by atoms with Crippen LogP contribution in [0, 0.1) is 6.92 Å². The second kappa shape index (κ2) is 9.03. The number of benzene rings is 2. The average Bonchev–Trinajstić information content (AvgIpc) is 2.66. The Morgan fingerprint density at radius 1 is 1.17 bits per heavy atom. The lowest BCUT2D eigenvalue weighted by atomic mass is 9.95. The summed E-state index contributed by atoms with van der Waals surface area (Å²) in [7, 11) is 3.18. The number of nitrogens with zero attached hydrogens (tertiary/aromatic N) is 1. The van der Waals surface area contributed by atoms with E-state index in [-0.39, 0.29) is 5.75 Å². The number of esters is 1. The smallest absolute Gasteiger partial charge is 0.465 e.